The molecule has 3 rings (SSSR count). The molecule has 0 aliphatic carbocycles. The van der Waals surface area contributed by atoms with Gasteiger partial charge in [-0.1, -0.05) is 102 Å². The van der Waals surface area contributed by atoms with Gasteiger partial charge in [0.1, 0.15) is 0 Å². The Labute approximate surface area is 180 Å². The first kappa shape index (κ1) is 21.6. The molecule has 2 aromatic carbocycles. The third-order valence-corrected chi connectivity index (χ3v) is 6.27. The summed E-state index contributed by atoms with van der Waals surface area (Å²) in [6.45, 7) is 16.5. The van der Waals surface area contributed by atoms with Crippen molar-refractivity contribution in [2.75, 3.05) is 0 Å². The molecular weight excluding hydrogens is 374 g/mol. The van der Waals surface area contributed by atoms with Crippen molar-refractivity contribution in [2.24, 2.45) is 0 Å². The normalized spacial score (nSPS) is 12.4. The van der Waals surface area contributed by atoms with E-state index in [1.54, 1.807) is 11.8 Å². The summed E-state index contributed by atoms with van der Waals surface area (Å²) in [7, 11) is 0. The summed E-state index contributed by atoms with van der Waals surface area (Å²) in [5.41, 5.74) is 5.46. The quantitative estimate of drug-likeness (QED) is 0.433. The third-order valence-electron chi connectivity index (χ3n) is 5.23. The highest BCUT2D eigenvalue weighted by Crippen LogP contribution is 2.29. The molecular formula is C25H33N3S. The molecule has 0 saturated carbocycles. The molecule has 0 N–H and O–H groups in total. The molecule has 0 amide bonds. The van der Waals surface area contributed by atoms with E-state index in [0.29, 0.717) is 0 Å². The lowest BCUT2D eigenvalue weighted by Gasteiger charge is -2.19. The number of hydrogen-bond acceptors (Lipinski definition) is 3. The first-order valence-corrected chi connectivity index (χ1v) is 11.3. The Kier molecular flexibility index (Phi) is 6.23. The first-order valence-electron chi connectivity index (χ1n) is 10.4. The van der Waals surface area contributed by atoms with Crippen LogP contribution in [0.2, 0.25) is 0 Å². The van der Waals surface area contributed by atoms with Crippen molar-refractivity contribution in [3.63, 3.8) is 0 Å². The molecule has 29 heavy (non-hydrogen) atoms. The van der Waals surface area contributed by atoms with Crippen molar-refractivity contribution in [1.29, 1.82) is 0 Å². The molecule has 0 spiro atoms. The summed E-state index contributed by atoms with van der Waals surface area (Å²) < 4.78 is 2.21. The smallest absolute Gasteiger partial charge is 0.191 e. The van der Waals surface area contributed by atoms with Crippen LogP contribution in [0.1, 0.15) is 65.2 Å². The van der Waals surface area contributed by atoms with Gasteiger partial charge in [-0.3, -0.25) is 0 Å². The predicted octanol–water partition coefficient (Wildman–Crippen LogP) is 6.85. The molecule has 0 saturated heterocycles. The van der Waals surface area contributed by atoms with Crippen LogP contribution in [0.4, 0.5) is 0 Å². The van der Waals surface area contributed by atoms with Crippen LogP contribution in [-0.4, -0.2) is 14.8 Å². The fourth-order valence-electron chi connectivity index (χ4n) is 3.26. The van der Waals surface area contributed by atoms with Gasteiger partial charge in [0.05, 0.1) is 0 Å². The summed E-state index contributed by atoms with van der Waals surface area (Å²) in [4.78, 5) is 0. The fraction of sp³-hybridized carbons (Fsp3) is 0.440. The maximum absolute atomic E-state index is 4.50. The average molecular weight is 408 g/mol. The molecule has 0 bridgehead atoms. The number of rotatable bonds is 5. The lowest BCUT2D eigenvalue weighted by atomic mass is 9.87. The molecule has 0 radical (unpaired) electrons. The van der Waals surface area contributed by atoms with Gasteiger partial charge >= 0.3 is 0 Å². The molecule has 0 unspecified atom stereocenters. The minimum Gasteiger partial charge on any atom is -0.302 e. The molecule has 0 atom stereocenters. The summed E-state index contributed by atoms with van der Waals surface area (Å²) in [6.07, 6.45) is 0. The molecule has 3 nitrogen and oxygen atoms in total. The third kappa shape index (κ3) is 5.11. The maximum Gasteiger partial charge on any atom is 0.191 e. The van der Waals surface area contributed by atoms with Crippen molar-refractivity contribution in [1.82, 2.24) is 14.8 Å². The number of aromatic nitrogens is 3. The second kappa shape index (κ2) is 8.35. The molecule has 1 heterocycles. The van der Waals surface area contributed by atoms with E-state index in [0.717, 1.165) is 28.8 Å². The largest absolute Gasteiger partial charge is 0.302 e. The predicted molar refractivity (Wildman–Crippen MR) is 125 cm³/mol. The van der Waals surface area contributed by atoms with E-state index < -0.39 is 0 Å². The second-order valence-corrected chi connectivity index (χ2v) is 10.6. The molecule has 154 valence electrons. The Morgan fingerprint density at radius 3 is 1.76 bits per heavy atom. The molecule has 0 fully saturated rings. The number of hydrogen-bond donors (Lipinski definition) is 0. The van der Waals surface area contributed by atoms with Crippen LogP contribution < -0.4 is 0 Å². The Bertz CT molecular complexity index is 940. The zero-order valence-corrected chi connectivity index (χ0v) is 19.6. The van der Waals surface area contributed by atoms with Crippen molar-refractivity contribution in [3.05, 3.63) is 65.2 Å². The Morgan fingerprint density at radius 1 is 0.759 bits per heavy atom. The number of thioether (sulfide) groups is 1. The van der Waals surface area contributed by atoms with Crippen molar-refractivity contribution in [2.45, 2.75) is 76.8 Å². The van der Waals surface area contributed by atoms with Crippen LogP contribution >= 0.6 is 11.8 Å². The Morgan fingerprint density at radius 2 is 1.28 bits per heavy atom. The van der Waals surface area contributed by atoms with E-state index >= 15 is 0 Å². The standard InChI is InChI=1S/C25H33N3S/c1-8-28-22(19-11-15-21(16-12-19)25(5,6)7)26-27-23(28)29-17-18-9-13-20(14-10-18)24(2,3)4/h9-16H,8,17H2,1-7H3. The molecule has 3 aromatic rings. The summed E-state index contributed by atoms with van der Waals surface area (Å²) in [5.74, 6) is 1.84. The van der Waals surface area contributed by atoms with Crippen LogP contribution in [0, 0.1) is 0 Å². The van der Waals surface area contributed by atoms with E-state index in [1.807, 2.05) is 0 Å². The van der Waals surface area contributed by atoms with E-state index in [1.165, 1.54) is 16.7 Å². The molecule has 0 aliphatic rings. The van der Waals surface area contributed by atoms with E-state index in [9.17, 15) is 0 Å². The van der Waals surface area contributed by atoms with Crippen molar-refractivity contribution in [3.8, 4) is 11.4 Å². The van der Waals surface area contributed by atoms with Gasteiger partial charge in [0.15, 0.2) is 11.0 Å². The Hall–Kier alpha value is -2.07. The summed E-state index contributed by atoms with van der Waals surface area (Å²) in [6, 6.07) is 17.7. The molecule has 0 aliphatic heterocycles. The molecule has 4 heteroatoms. The van der Waals surface area contributed by atoms with Crippen LogP contribution in [0.15, 0.2) is 53.7 Å². The number of nitrogens with zero attached hydrogens (tertiary/aromatic N) is 3. The summed E-state index contributed by atoms with van der Waals surface area (Å²) >= 11 is 1.75. The zero-order chi connectivity index (χ0) is 21.2. The van der Waals surface area contributed by atoms with Crippen LogP contribution in [0.25, 0.3) is 11.4 Å². The van der Waals surface area contributed by atoms with Gasteiger partial charge in [0, 0.05) is 17.9 Å². The van der Waals surface area contributed by atoms with Crippen LogP contribution in [0.3, 0.4) is 0 Å². The van der Waals surface area contributed by atoms with Crippen molar-refractivity contribution >= 4 is 11.8 Å². The highest BCUT2D eigenvalue weighted by atomic mass is 32.2. The first-order chi connectivity index (χ1) is 13.6. The monoisotopic (exact) mass is 407 g/mol. The van der Waals surface area contributed by atoms with E-state index in [2.05, 4.69) is 112 Å². The van der Waals surface area contributed by atoms with Gasteiger partial charge in [-0.05, 0) is 34.4 Å². The highest BCUT2D eigenvalue weighted by molar-refractivity contribution is 7.98. The number of benzene rings is 2. The lowest BCUT2D eigenvalue weighted by molar-refractivity contribution is 0.590. The average Bonchev–Trinajstić information content (AvgIpc) is 3.08. The Balaban J connectivity index is 1.76. The lowest BCUT2D eigenvalue weighted by Crippen LogP contribution is -2.10. The van der Waals surface area contributed by atoms with E-state index in [4.69, 9.17) is 0 Å². The van der Waals surface area contributed by atoms with Gasteiger partial charge in [-0.2, -0.15) is 0 Å². The van der Waals surface area contributed by atoms with E-state index in [-0.39, 0.29) is 10.8 Å². The topological polar surface area (TPSA) is 30.7 Å². The van der Waals surface area contributed by atoms with Gasteiger partial charge in [-0.25, -0.2) is 0 Å². The zero-order valence-electron chi connectivity index (χ0n) is 18.8. The van der Waals surface area contributed by atoms with Gasteiger partial charge in [-0.15, -0.1) is 10.2 Å². The summed E-state index contributed by atoms with van der Waals surface area (Å²) in [5, 5.41) is 9.96. The maximum atomic E-state index is 4.50. The van der Waals surface area contributed by atoms with Gasteiger partial charge in [0.25, 0.3) is 0 Å². The fourth-order valence-corrected chi connectivity index (χ4v) is 4.22. The van der Waals surface area contributed by atoms with Crippen molar-refractivity contribution < 1.29 is 0 Å². The minimum absolute atomic E-state index is 0.153. The van der Waals surface area contributed by atoms with Crippen LogP contribution in [-0.2, 0) is 23.1 Å². The van der Waals surface area contributed by atoms with Gasteiger partial charge < -0.3 is 4.57 Å². The minimum atomic E-state index is 0.153. The highest BCUT2D eigenvalue weighted by Gasteiger charge is 2.17. The second-order valence-electron chi connectivity index (χ2n) is 9.61. The SMILES string of the molecule is CCn1c(SCc2ccc(C(C)(C)C)cc2)nnc1-c1ccc(C(C)(C)C)cc1. The van der Waals surface area contributed by atoms with Gasteiger partial charge in [0.2, 0.25) is 0 Å². The van der Waals surface area contributed by atoms with Crippen LogP contribution in [0.5, 0.6) is 0 Å². The molecule has 1 aromatic heterocycles.